The first kappa shape index (κ1) is 18.9. The van der Waals surface area contributed by atoms with Gasteiger partial charge in [-0.1, -0.05) is 0 Å². The van der Waals surface area contributed by atoms with E-state index in [1.165, 1.54) is 13.3 Å². The number of nitrogens with one attached hydrogen (secondary N) is 1. The zero-order valence-corrected chi connectivity index (χ0v) is 15.9. The van der Waals surface area contributed by atoms with Crippen molar-refractivity contribution < 1.29 is 14.3 Å². The Balaban J connectivity index is 2.00. The number of carbonyl (C=O) groups excluding carboxylic acids is 1. The number of ether oxygens (including phenoxy) is 2. The van der Waals surface area contributed by atoms with E-state index in [4.69, 9.17) is 20.6 Å². The normalized spacial score (nSPS) is 14.4. The maximum atomic E-state index is 13.0. The van der Waals surface area contributed by atoms with Gasteiger partial charge >= 0.3 is 0 Å². The van der Waals surface area contributed by atoms with Crippen LogP contribution in [-0.4, -0.2) is 59.5 Å². The number of nitrogens with zero attached hydrogens (tertiary/aromatic N) is 3. The second-order valence-electron chi connectivity index (χ2n) is 6.68. The monoisotopic (exact) mass is 371 g/mol. The van der Waals surface area contributed by atoms with Crippen molar-refractivity contribution in [3.8, 4) is 5.88 Å². The molecule has 8 nitrogen and oxygen atoms in total. The molecule has 1 fully saturated rings. The molecule has 27 heavy (non-hydrogen) atoms. The van der Waals surface area contributed by atoms with Crippen molar-refractivity contribution in [3.63, 3.8) is 0 Å². The van der Waals surface area contributed by atoms with E-state index in [2.05, 4.69) is 4.98 Å². The number of hydrogen-bond acceptors (Lipinski definition) is 6. The van der Waals surface area contributed by atoms with Crippen molar-refractivity contribution in [1.29, 1.82) is 5.41 Å². The lowest BCUT2D eigenvalue weighted by atomic mass is 10.0. The van der Waals surface area contributed by atoms with Gasteiger partial charge in [0, 0.05) is 42.8 Å². The topological polar surface area (TPSA) is 106 Å². The number of morpholine rings is 1. The van der Waals surface area contributed by atoms with Gasteiger partial charge in [-0.2, -0.15) is 0 Å². The summed E-state index contributed by atoms with van der Waals surface area (Å²) < 4.78 is 12.5. The molecule has 0 aromatic carbocycles. The minimum absolute atomic E-state index is 0.0582. The summed E-state index contributed by atoms with van der Waals surface area (Å²) in [4.78, 5) is 18.9. The minimum atomic E-state index is -0.0582. The van der Waals surface area contributed by atoms with Crippen molar-refractivity contribution in [2.24, 2.45) is 0 Å². The zero-order chi connectivity index (χ0) is 19.6. The number of aromatic nitrogens is 2. The van der Waals surface area contributed by atoms with Gasteiger partial charge in [0.2, 0.25) is 5.88 Å². The van der Waals surface area contributed by atoms with Crippen molar-refractivity contribution in [1.82, 2.24) is 14.5 Å². The Kier molecular flexibility index (Phi) is 5.46. The maximum Gasteiger partial charge on any atom is 0.270 e. The highest BCUT2D eigenvalue weighted by atomic mass is 16.5. The van der Waals surface area contributed by atoms with E-state index in [1.54, 1.807) is 17.0 Å². The number of nitrogen functional groups attached to an aromatic ring is 1. The molecule has 2 aromatic rings. The third-order valence-electron chi connectivity index (χ3n) is 4.60. The fourth-order valence-electron chi connectivity index (χ4n) is 3.15. The highest BCUT2D eigenvalue weighted by molar-refractivity contribution is 6.16. The fourth-order valence-corrected chi connectivity index (χ4v) is 3.15. The van der Waals surface area contributed by atoms with E-state index >= 15 is 0 Å². The third-order valence-corrected chi connectivity index (χ3v) is 4.60. The number of nitrogens with two attached hydrogens (primary N) is 1. The Labute approximate surface area is 158 Å². The largest absolute Gasteiger partial charge is 0.480 e. The van der Waals surface area contributed by atoms with Gasteiger partial charge in [-0.3, -0.25) is 10.2 Å². The van der Waals surface area contributed by atoms with E-state index in [0.29, 0.717) is 54.7 Å². The molecule has 1 aliphatic rings. The molecule has 0 bridgehead atoms. The van der Waals surface area contributed by atoms with Crippen molar-refractivity contribution in [2.45, 2.75) is 19.9 Å². The summed E-state index contributed by atoms with van der Waals surface area (Å²) >= 11 is 0. The first-order chi connectivity index (χ1) is 12.9. The third kappa shape index (κ3) is 3.66. The molecule has 0 spiro atoms. The lowest BCUT2D eigenvalue weighted by Crippen LogP contribution is -2.41. The summed E-state index contributed by atoms with van der Waals surface area (Å²) in [6.07, 6.45) is 3.35. The molecule has 0 aliphatic carbocycles. The van der Waals surface area contributed by atoms with Crippen LogP contribution in [0.2, 0.25) is 0 Å². The highest BCUT2D eigenvalue weighted by Crippen LogP contribution is 2.27. The number of methoxy groups -OCH3 is 1. The van der Waals surface area contributed by atoms with Crippen molar-refractivity contribution >= 4 is 17.3 Å². The van der Waals surface area contributed by atoms with Crippen LogP contribution < -0.4 is 10.5 Å². The fraction of sp³-hybridized carbons (Fsp3) is 0.421. The van der Waals surface area contributed by atoms with Crippen LogP contribution in [0.4, 0.5) is 5.69 Å². The van der Waals surface area contributed by atoms with Crippen LogP contribution in [-0.2, 0) is 4.74 Å². The van der Waals surface area contributed by atoms with Gasteiger partial charge in [0.1, 0.15) is 5.69 Å². The van der Waals surface area contributed by atoms with E-state index in [9.17, 15) is 4.79 Å². The van der Waals surface area contributed by atoms with Crippen molar-refractivity contribution in [2.75, 3.05) is 39.1 Å². The van der Waals surface area contributed by atoms with Crippen LogP contribution in [0, 0.1) is 5.41 Å². The molecular weight excluding hydrogens is 346 g/mol. The quantitative estimate of drug-likeness (QED) is 0.781. The Bertz CT molecular complexity index is 853. The van der Waals surface area contributed by atoms with E-state index in [0.717, 1.165) is 0 Å². The molecule has 1 aliphatic heterocycles. The lowest BCUT2D eigenvalue weighted by molar-refractivity contribution is 0.0295. The molecule has 0 unspecified atom stereocenters. The second-order valence-corrected chi connectivity index (χ2v) is 6.68. The zero-order valence-electron chi connectivity index (χ0n) is 15.9. The summed E-state index contributed by atoms with van der Waals surface area (Å²) in [5, 5.41) is 8.63. The maximum absolute atomic E-state index is 13.0. The van der Waals surface area contributed by atoms with E-state index in [1.807, 2.05) is 24.6 Å². The number of rotatable bonds is 5. The van der Waals surface area contributed by atoms with Gasteiger partial charge in [0.15, 0.2) is 0 Å². The Morgan fingerprint density at radius 2 is 2.07 bits per heavy atom. The number of carbonyl (C=O) groups is 1. The molecule has 0 radical (unpaired) electrons. The van der Waals surface area contributed by atoms with Crippen LogP contribution in [0.1, 0.15) is 41.5 Å². The molecule has 1 amide bonds. The van der Waals surface area contributed by atoms with Crippen LogP contribution in [0.15, 0.2) is 24.5 Å². The van der Waals surface area contributed by atoms with Gasteiger partial charge in [0.05, 0.1) is 31.6 Å². The van der Waals surface area contributed by atoms with Crippen LogP contribution in [0.3, 0.4) is 0 Å². The minimum Gasteiger partial charge on any atom is -0.480 e. The number of hydrogen-bond donors (Lipinski definition) is 2. The average molecular weight is 371 g/mol. The van der Waals surface area contributed by atoms with Crippen LogP contribution in [0.5, 0.6) is 5.88 Å². The molecule has 0 saturated carbocycles. The SMILES string of the molecule is COc1nccc(N)c1C(=N)c1cc(C(=O)N2CCOCC2)n(C(C)C)c1. The number of anilines is 1. The molecular formula is C19H25N5O3. The number of pyridine rings is 1. The smallest absolute Gasteiger partial charge is 0.270 e. The summed E-state index contributed by atoms with van der Waals surface area (Å²) in [5.41, 5.74) is 8.21. The lowest BCUT2D eigenvalue weighted by Gasteiger charge is -2.27. The van der Waals surface area contributed by atoms with Crippen molar-refractivity contribution in [3.05, 3.63) is 41.3 Å². The van der Waals surface area contributed by atoms with Gasteiger partial charge in [-0.15, -0.1) is 0 Å². The first-order valence-corrected chi connectivity index (χ1v) is 8.90. The molecule has 8 heteroatoms. The summed E-state index contributed by atoms with van der Waals surface area (Å²) in [7, 11) is 1.49. The Morgan fingerprint density at radius 1 is 1.37 bits per heavy atom. The Hall–Kier alpha value is -2.87. The molecule has 144 valence electrons. The van der Waals surface area contributed by atoms with Gasteiger partial charge in [-0.25, -0.2) is 4.98 Å². The Morgan fingerprint density at radius 3 is 2.70 bits per heavy atom. The molecule has 3 heterocycles. The molecule has 3 N–H and O–H groups in total. The summed E-state index contributed by atoms with van der Waals surface area (Å²) in [6.45, 7) is 6.22. The predicted molar refractivity (Wildman–Crippen MR) is 103 cm³/mol. The van der Waals surface area contributed by atoms with E-state index < -0.39 is 0 Å². The second kappa shape index (κ2) is 7.79. The molecule has 0 atom stereocenters. The molecule has 1 saturated heterocycles. The van der Waals surface area contributed by atoms with Gasteiger partial charge in [0.25, 0.3) is 5.91 Å². The molecule has 2 aromatic heterocycles. The van der Waals surface area contributed by atoms with Crippen LogP contribution >= 0.6 is 0 Å². The highest BCUT2D eigenvalue weighted by Gasteiger charge is 2.25. The molecule has 3 rings (SSSR count). The standard InChI is InChI=1S/C19H25N5O3/c1-12(2)24-11-13(10-15(24)19(25)23-6-8-27-9-7-23)17(21)16-14(20)4-5-22-18(16)26-3/h4-5,10-12,21H,6-9H2,1-3H3,(H2,20,22). The van der Waals surface area contributed by atoms with Gasteiger partial charge < -0.3 is 24.7 Å². The predicted octanol–water partition coefficient (Wildman–Crippen LogP) is 1.94. The van der Waals surface area contributed by atoms with Gasteiger partial charge in [-0.05, 0) is 26.0 Å². The first-order valence-electron chi connectivity index (χ1n) is 8.90. The summed E-state index contributed by atoms with van der Waals surface area (Å²) in [6, 6.07) is 3.44. The van der Waals surface area contributed by atoms with Crippen LogP contribution in [0.25, 0.3) is 0 Å². The van der Waals surface area contributed by atoms with E-state index in [-0.39, 0.29) is 17.7 Å². The number of amides is 1. The average Bonchev–Trinajstić information content (AvgIpc) is 3.13. The summed E-state index contributed by atoms with van der Waals surface area (Å²) in [5.74, 6) is 0.232.